The van der Waals surface area contributed by atoms with Crippen LogP contribution in [0.1, 0.15) is 134 Å². The van der Waals surface area contributed by atoms with Crippen molar-refractivity contribution in [2.45, 2.75) is 130 Å². The lowest BCUT2D eigenvalue weighted by atomic mass is 9.70. The Labute approximate surface area is 275 Å². The fourth-order valence-corrected chi connectivity index (χ4v) is 7.91. The number of aryl methyl sites for hydroxylation is 2. The first kappa shape index (κ1) is 33.1. The van der Waals surface area contributed by atoms with Crippen molar-refractivity contribution >= 4 is 11.4 Å². The maximum atomic E-state index is 2.61. The van der Waals surface area contributed by atoms with Crippen LogP contribution < -0.4 is 4.90 Å². The molecule has 45 heavy (non-hydrogen) atoms. The van der Waals surface area contributed by atoms with Gasteiger partial charge in [-0.3, -0.25) is 0 Å². The topological polar surface area (TPSA) is 3.24 Å². The molecule has 4 aromatic rings. The highest BCUT2D eigenvalue weighted by atomic mass is 15.2. The number of anilines is 2. The first-order valence-corrected chi connectivity index (χ1v) is 18.1. The molecule has 0 amide bonds. The summed E-state index contributed by atoms with van der Waals surface area (Å²) in [7, 11) is 0. The molecule has 0 radical (unpaired) electrons. The van der Waals surface area contributed by atoms with Crippen molar-refractivity contribution in [3.05, 3.63) is 119 Å². The average molecular weight is 600 g/mol. The maximum Gasteiger partial charge on any atom is 0.0646 e. The summed E-state index contributed by atoms with van der Waals surface area (Å²) in [6.45, 7) is 13.9. The number of hydrogen-bond acceptors (Lipinski definition) is 1. The summed E-state index contributed by atoms with van der Waals surface area (Å²) in [5.41, 5.74) is 12.5. The summed E-state index contributed by atoms with van der Waals surface area (Å²) >= 11 is 0. The second-order valence-electron chi connectivity index (χ2n) is 13.9. The van der Waals surface area contributed by atoms with E-state index >= 15 is 0 Å². The highest BCUT2D eigenvalue weighted by molar-refractivity contribution is 5.84. The number of fused-ring (bicyclic) bond motifs is 3. The van der Waals surface area contributed by atoms with E-state index in [1.165, 1.54) is 103 Å². The summed E-state index contributed by atoms with van der Waals surface area (Å²) in [5.74, 6) is 0. The molecular formula is C44H57N. The van der Waals surface area contributed by atoms with Gasteiger partial charge in [0.1, 0.15) is 0 Å². The van der Waals surface area contributed by atoms with Crippen molar-refractivity contribution in [1.82, 2.24) is 0 Å². The van der Waals surface area contributed by atoms with Gasteiger partial charge in [-0.25, -0.2) is 0 Å². The first-order chi connectivity index (χ1) is 21.9. The minimum Gasteiger partial charge on any atom is -0.332 e. The third-order valence-electron chi connectivity index (χ3n) is 10.7. The van der Waals surface area contributed by atoms with Crippen LogP contribution in [-0.4, -0.2) is 0 Å². The average Bonchev–Trinajstić information content (AvgIpc) is 3.34. The Hall–Kier alpha value is -3.32. The van der Waals surface area contributed by atoms with Crippen molar-refractivity contribution in [3.63, 3.8) is 0 Å². The zero-order valence-electron chi connectivity index (χ0n) is 29.1. The molecule has 4 aromatic carbocycles. The molecule has 0 aromatic heterocycles. The molecule has 5 rings (SSSR count). The van der Waals surface area contributed by atoms with E-state index in [-0.39, 0.29) is 11.0 Å². The molecule has 238 valence electrons. The van der Waals surface area contributed by atoms with Gasteiger partial charge in [0, 0.05) is 16.8 Å². The van der Waals surface area contributed by atoms with Crippen LogP contribution in [0.3, 0.4) is 0 Å². The zero-order valence-corrected chi connectivity index (χ0v) is 29.1. The molecule has 0 atom stereocenters. The molecule has 0 N–H and O–H groups in total. The van der Waals surface area contributed by atoms with Gasteiger partial charge in [0.15, 0.2) is 0 Å². The number of nitrogens with zero attached hydrogens (tertiary/aromatic N) is 1. The van der Waals surface area contributed by atoms with E-state index in [1.54, 1.807) is 11.1 Å². The lowest BCUT2D eigenvalue weighted by molar-refractivity contribution is 0.401. The third kappa shape index (κ3) is 6.79. The standard InChI is InChI=1S/C44H57N/c1-7-11-13-17-31-44(32-18-14-12-8-2)41-20-16-15-19-39(41)40-30-29-38(33-42(40)44)45(37-27-23-35(10-4)24-28-37)43(5,6)36-25-21-34(9-3)22-26-36/h15-16,19-30,33H,7-14,17-18,31-32H2,1-6H3. The molecular weight excluding hydrogens is 542 g/mol. The second kappa shape index (κ2) is 14.8. The van der Waals surface area contributed by atoms with Gasteiger partial charge in [0.05, 0.1) is 5.54 Å². The summed E-state index contributed by atoms with van der Waals surface area (Å²) in [6, 6.07) is 35.4. The summed E-state index contributed by atoms with van der Waals surface area (Å²) in [6.07, 6.45) is 15.0. The van der Waals surface area contributed by atoms with E-state index in [0.29, 0.717) is 0 Å². The van der Waals surface area contributed by atoms with Gasteiger partial charge in [0.2, 0.25) is 0 Å². The SMILES string of the molecule is CCCCCCC1(CCCCCC)c2ccccc2-c2ccc(N(c3ccc(CC)cc3)C(C)(C)c3ccc(CC)cc3)cc21. The smallest absolute Gasteiger partial charge is 0.0646 e. The molecule has 0 fully saturated rings. The predicted octanol–water partition coefficient (Wildman–Crippen LogP) is 13.1. The molecule has 0 saturated carbocycles. The molecule has 0 saturated heterocycles. The normalized spacial score (nSPS) is 13.5. The largest absolute Gasteiger partial charge is 0.332 e. The van der Waals surface area contributed by atoms with Gasteiger partial charge in [-0.2, -0.15) is 0 Å². The first-order valence-electron chi connectivity index (χ1n) is 18.1. The quantitative estimate of drug-likeness (QED) is 0.116. The van der Waals surface area contributed by atoms with Gasteiger partial charge >= 0.3 is 0 Å². The molecule has 0 spiro atoms. The highest BCUT2D eigenvalue weighted by Gasteiger charge is 2.43. The van der Waals surface area contributed by atoms with Crippen LogP contribution in [0.4, 0.5) is 11.4 Å². The van der Waals surface area contributed by atoms with Gasteiger partial charge in [-0.15, -0.1) is 0 Å². The van der Waals surface area contributed by atoms with Crippen LogP contribution in [-0.2, 0) is 23.8 Å². The van der Waals surface area contributed by atoms with Crippen molar-refractivity contribution < 1.29 is 0 Å². The van der Waals surface area contributed by atoms with Crippen LogP contribution in [0.2, 0.25) is 0 Å². The number of rotatable bonds is 16. The Morgan fingerprint density at radius 1 is 0.533 bits per heavy atom. The Morgan fingerprint density at radius 2 is 1.07 bits per heavy atom. The van der Waals surface area contributed by atoms with Gasteiger partial charge in [-0.1, -0.05) is 146 Å². The van der Waals surface area contributed by atoms with E-state index in [1.807, 2.05) is 0 Å². The molecule has 0 aliphatic heterocycles. The van der Waals surface area contributed by atoms with Crippen LogP contribution >= 0.6 is 0 Å². The fourth-order valence-electron chi connectivity index (χ4n) is 7.91. The molecule has 0 heterocycles. The molecule has 1 nitrogen and oxygen atoms in total. The number of unbranched alkanes of at least 4 members (excludes halogenated alkanes) is 6. The Bertz CT molecular complexity index is 1500. The maximum absolute atomic E-state index is 2.61. The Morgan fingerprint density at radius 3 is 1.64 bits per heavy atom. The lowest BCUT2D eigenvalue weighted by Gasteiger charge is -2.42. The van der Waals surface area contributed by atoms with Crippen LogP contribution in [0, 0.1) is 0 Å². The minimum absolute atomic E-state index is 0.0775. The number of benzene rings is 4. The van der Waals surface area contributed by atoms with E-state index in [2.05, 4.69) is 137 Å². The highest BCUT2D eigenvalue weighted by Crippen LogP contribution is 2.55. The fraction of sp³-hybridized carbons (Fsp3) is 0.455. The Balaban J connectivity index is 1.66. The molecule has 0 bridgehead atoms. The van der Waals surface area contributed by atoms with Crippen molar-refractivity contribution in [1.29, 1.82) is 0 Å². The van der Waals surface area contributed by atoms with Crippen molar-refractivity contribution in [2.75, 3.05) is 4.90 Å². The summed E-state index contributed by atoms with van der Waals surface area (Å²) < 4.78 is 0. The molecule has 1 aliphatic rings. The minimum atomic E-state index is -0.245. The molecule has 1 heteroatoms. The van der Waals surface area contributed by atoms with Gasteiger partial charge in [-0.05, 0) is 103 Å². The van der Waals surface area contributed by atoms with E-state index in [4.69, 9.17) is 0 Å². The summed E-state index contributed by atoms with van der Waals surface area (Å²) in [4.78, 5) is 2.61. The second-order valence-corrected chi connectivity index (χ2v) is 13.9. The van der Waals surface area contributed by atoms with E-state index in [9.17, 15) is 0 Å². The van der Waals surface area contributed by atoms with Gasteiger partial charge < -0.3 is 4.90 Å². The van der Waals surface area contributed by atoms with Gasteiger partial charge in [0.25, 0.3) is 0 Å². The van der Waals surface area contributed by atoms with E-state index < -0.39 is 0 Å². The van der Waals surface area contributed by atoms with Crippen molar-refractivity contribution in [2.24, 2.45) is 0 Å². The predicted molar refractivity (Wildman–Crippen MR) is 197 cm³/mol. The Kier molecular flexibility index (Phi) is 10.9. The van der Waals surface area contributed by atoms with Crippen molar-refractivity contribution in [3.8, 4) is 11.1 Å². The van der Waals surface area contributed by atoms with E-state index in [0.717, 1.165) is 12.8 Å². The van der Waals surface area contributed by atoms with Crippen LogP contribution in [0.25, 0.3) is 11.1 Å². The summed E-state index contributed by atoms with van der Waals surface area (Å²) in [5, 5.41) is 0. The van der Waals surface area contributed by atoms with Crippen LogP contribution in [0.5, 0.6) is 0 Å². The zero-order chi connectivity index (χ0) is 31.9. The molecule has 1 aliphatic carbocycles. The lowest BCUT2D eigenvalue weighted by Crippen LogP contribution is -2.38. The molecule has 0 unspecified atom stereocenters. The number of hydrogen-bond donors (Lipinski definition) is 0. The monoisotopic (exact) mass is 599 g/mol. The van der Waals surface area contributed by atoms with Crippen LogP contribution in [0.15, 0.2) is 91.0 Å². The third-order valence-corrected chi connectivity index (χ3v) is 10.7.